The average molecular weight is 292 g/mol. The number of likely N-dealkylation sites (N-methyl/N-ethyl adjacent to an activating group) is 1. The Hall–Kier alpha value is -1.65. The summed E-state index contributed by atoms with van der Waals surface area (Å²) in [5, 5.41) is 0.843. The first kappa shape index (κ1) is 13.3. The predicted molar refractivity (Wildman–Crippen MR) is 78.2 cm³/mol. The van der Waals surface area contributed by atoms with E-state index in [2.05, 4.69) is 4.98 Å². The maximum atomic E-state index is 13.0. The fraction of sp³-hybridized carbons (Fsp3) is 0.333. The standard InChI is InChI=1S/C15H16ClN2O2/c1-18(8-6-16)9-10-20-13-5-4-12-11(3-2-7-17-12)14(13)15(18)19/h2-5,7H,6,8-10H2,1H3/q+1. The Balaban J connectivity index is 2.23. The van der Waals surface area contributed by atoms with Gasteiger partial charge in [-0.2, -0.15) is 0 Å². The van der Waals surface area contributed by atoms with Crippen LogP contribution in [0.3, 0.4) is 0 Å². The Morgan fingerprint density at radius 2 is 2.25 bits per heavy atom. The lowest BCUT2D eigenvalue weighted by molar-refractivity contribution is -0.825. The number of nitrogens with zero attached hydrogens (tertiary/aromatic N) is 2. The highest BCUT2D eigenvalue weighted by Crippen LogP contribution is 2.32. The smallest absolute Gasteiger partial charge is 0.350 e. The van der Waals surface area contributed by atoms with Crippen LogP contribution < -0.4 is 4.74 Å². The van der Waals surface area contributed by atoms with E-state index in [9.17, 15) is 4.79 Å². The maximum Gasteiger partial charge on any atom is 0.350 e. The SMILES string of the molecule is C[N+]1(CCCl)CCOc2ccc3ncccc3c2C1=O. The molecule has 3 rings (SSSR count). The summed E-state index contributed by atoms with van der Waals surface area (Å²) in [5.74, 6) is 1.14. The van der Waals surface area contributed by atoms with Gasteiger partial charge in [-0.05, 0) is 18.2 Å². The lowest BCUT2D eigenvalue weighted by Gasteiger charge is -2.28. The summed E-state index contributed by atoms with van der Waals surface area (Å²) in [7, 11) is 1.92. The number of carbonyl (C=O) groups excluding carboxylic acids is 1. The second-order valence-electron chi connectivity index (χ2n) is 5.19. The topological polar surface area (TPSA) is 39.2 Å². The number of ether oxygens (including phenoxy) is 1. The molecule has 0 spiro atoms. The number of fused-ring (bicyclic) bond motifs is 3. The summed E-state index contributed by atoms with van der Waals surface area (Å²) < 4.78 is 6.03. The minimum atomic E-state index is 0.0525. The molecule has 0 aliphatic carbocycles. The highest BCUT2D eigenvalue weighted by molar-refractivity contribution is 6.18. The molecule has 1 aliphatic heterocycles. The third kappa shape index (κ3) is 2.05. The van der Waals surface area contributed by atoms with Crippen LogP contribution in [0.5, 0.6) is 5.75 Å². The van der Waals surface area contributed by atoms with E-state index in [1.54, 1.807) is 6.20 Å². The lowest BCUT2D eigenvalue weighted by Crippen LogP contribution is -2.51. The van der Waals surface area contributed by atoms with Crippen LogP contribution in [0.1, 0.15) is 10.4 Å². The van der Waals surface area contributed by atoms with Gasteiger partial charge in [0, 0.05) is 11.6 Å². The van der Waals surface area contributed by atoms with E-state index in [4.69, 9.17) is 16.3 Å². The van der Waals surface area contributed by atoms with Crippen LogP contribution in [-0.4, -0.2) is 48.0 Å². The molecule has 0 saturated heterocycles. The van der Waals surface area contributed by atoms with Crippen molar-refractivity contribution in [3.63, 3.8) is 0 Å². The molecule has 0 radical (unpaired) electrons. The largest absolute Gasteiger partial charge is 0.487 e. The molecule has 0 N–H and O–H groups in total. The van der Waals surface area contributed by atoms with Crippen LogP contribution in [0.2, 0.25) is 0 Å². The maximum absolute atomic E-state index is 13.0. The molecule has 1 atom stereocenters. The summed E-state index contributed by atoms with van der Waals surface area (Å²) in [6.45, 7) is 1.74. The highest BCUT2D eigenvalue weighted by Gasteiger charge is 2.38. The van der Waals surface area contributed by atoms with Gasteiger partial charge in [0.1, 0.15) is 24.5 Å². The van der Waals surface area contributed by atoms with Crippen LogP contribution in [-0.2, 0) is 0 Å². The number of halogens is 1. The van der Waals surface area contributed by atoms with Gasteiger partial charge in [-0.3, -0.25) is 9.47 Å². The van der Waals surface area contributed by atoms with Gasteiger partial charge >= 0.3 is 5.91 Å². The zero-order valence-electron chi connectivity index (χ0n) is 11.3. The van der Waals surface area contributed by atoms with E-state index in [1.807, 2.05) is 31.3 Å². The Kier molecular flexibility index (Phi) is 3.36. The normalized spacial score (nSPS) is 22.2. The Bertz CT molecular complexity index is 674. The zero-order valence-corrected chi connectivity index (χ0v) is 12.1. The second kappa shape index (κ2) is 5.04. The van der Waals surface area contributed by atoms with Crippen molar-refractivity contribution in [3.05, 3.63) is 36.0 Å². The van der Waals surface area contributed by atoms with Crippen molar-refractivity contribution in [2.24, 2.45) is 0 Å². The molecule has 1 aliphatic rings. The van der Waals surface area contributed by atoms with Crippen molar-refractivity contribution in [1.82, 2.24) is 4.98 Å². The summed E-state index contributed by atoms with van der Waals surface area (Å²) in [4.78, 5) is 17.3. The molecule has 2 aromatic rings. The van der Waals surface area contributed by atoms with Crippen LogP contribution in [0.25, 0.3) is 10.9 Å². The Morgan fingerprint density at radius 1 is 1.40 bits per heavy atom. The monoisotopic (exact) mass is 291 g/mol. The van der Waals surface area contributed by atoms with E-state index in [0.717, 1.165) is 10.9 Å². The average Bonchev–Trinajstić information content (AvgIpc) is 2.58. The molecule has 1 unspecified atom stereocenters. The number of pyridine rings is 1. The van der Waals surface area contributed by atoms with Gasteiger partial charge in [-0.25, -0.2) is 4.79 Å². The van der Waals surface area contributed by atoms with Gasteiger partial charge in [0.2, 0.25) is 0 Å². The summed E-state index contributed by atoms with van der Waals surface area (Å²) in [6.07, 6.45) is 1.73. The number of amides is 1. The van der Waals surface area contributed by atoms with Crippen LogP contribution in [0.15, 0.2) is 30.5 Å². The van der Waals surface area contributed by atoms with Crippen LogP contribution >= 0.6 is 11.6 Å². The van der Waals surface area contributed by atoms with E-state index in [0.29, 0.717) is 36.9 Å². The molecule has 0 saturated carbocycles. The molecular weight excluding hydrogens is 276 g/mol. The number of hydrogen-bond donors (Lipinski definition) is 0. The van der Waals surface area contributed by atoms with Gasteiger partial charge in [-0.1, -0.05) is 6.07 Å². The van der Waals surface area contributed by atoms with Gasteiger partial charge in [0.25, 0.3) is 0 Å². The minimum Gasteiger partial charge on any atom is -0.487 e. The predicted octanol–water partition coefficient (Wildman–Crippen LogP) is 2.45. The fourth-order valence-corrected chi connectivity index (χ4v) is 2.97. The molecule has 1 aromatic carbocycles. The third-order valence-corrected chi connectivity index (χ3v) is 4.04. The van der Waals surface area contributed by atoms with Gasteiger partial charge in [0.05, 0.1) is 25.0 Å². The second-order valence-corrected chi connectivity index (χ2v) is 5.57. The zero-order chi connectivity index (χ0) is 14.2. The van der Waals surface area contributed by atoms with Crippen molar-refractivity contribution < 1.29 is 14.0 Å². The molecule has 4 nitrogen and oxygen atoms in total. The fourth-order valence-electron chi connectivity index (χ4n) is 2.60. The molecule has 0 bridgehead atoms. The third-order valence-electron chi connectivity index (χ3n) is 3.87. The highest BCUT2D eigenvalue weighted by atomic mass is 35.5. The van der Waals surface area contributed by atoms with Crippen LogP contribution in [0, 0.1) is 0 Å². The molecule has 2 heterocycles. The van der Waals surface area contributed by atoms with Crippen molar-refractivity contribution in [2.75, 3.05) is 32.6 Å². The summed E-state index contributed by atoms with van der Waals surface area (Å²) >= 11 is 5.87. The number of carbonyl (C=O) groups is 1. The van der Waals surface area contributed by atoms with E-state index in [-0.39, 0.29) is 10.4 Å². The van der Waals surface area contributed by atoms with E-state index in [1.165, 1.54) is 0 Å². The molecule has 104 valence electrons. The molecule has 5 heteroatoms. The van der Waals surface area contributed by atoms with Crippen molar-refractivity contribution in [2.45, 2.75) is 0 Å². The first-order chi connectivity index (χ1) is 9.65. The summed E-state index contributed by atoms with van der Waals surface area (Å²) in [5.41, 5.74) is 1.43. The van der Waals surface area contributed by atoms with Crippen molar-refractivity contribution >= 4 is 28.4 Å². The van der Waals surface area contributed by atoms with Gasteiger partial charge in [-0.15, -0.1) is 11.6 Å². The molecule has 0 fully saturated rings. The molecule has 1 amide bonds. The lowest BCUT2D eigenvalue weighted by atomic mass is 10.1. The summed E-state index contributed by atoms with van der Waals surface area (Å²) in [6, 6.07) is 7.48. The van der Waals surface area contributed by atoms with Crippen molar-refractivity contribution in [3.8, 4) is 5.75 Å². The minimum absolute atomic E-state index is 0.0525. The first-order valence-electron chi connectivity index (χ1n) is 6.62. The van der Waals surface area contributed by atoms with Crippen molar-refractivity contribution in [1.29, 1.82) is 0 Å². The number of quaternary nitrogens is 1. The van der Waals surface area contributed by atoms with E-state index < -0.39 is 0 Å². The molecule has 20 heavy (non-hydrogen) atoms. The van der Waals surface area contributed by atoms with Crippen LogP contribution in [0.4, 0.5) is 0 Å². The number of benzene rings is 1. The van der Waals surface area contributed by atoms with E-state index >= 15 is 0 Å². The number of aromatic nitrogens is 1. The molecular formula is C15H16ClN2O2+. The molecule has 1 aromatic heterocycles. The van der Waals surface area contributed by atoms with Gasteiger partial charge in [0.15, 0.2) is 0 Å². The first-order valence-corrected chi connectivity index (χ1v) is 7.15. The quantitative estimate of drug-likeness (QED) is 0.630. The number of rotatable bonds is 2. The number of alkyl halides is 1. The Morgan fingerprint density at radius 3 is 3.05 bits per heavy atom. The Labute approximate surface area is 122 Å². The number of hydrogen-bond acceptors (Lipinski definition) is 3. The van der Waals surface area contributed by atoms with Gasteiger partial charge < -0.3 is 4.74 Å².